The number of pyridine rings is 2. The van der Waals surface area contributed by atoms with Crippen LogP contribution in [0.2, 0.25) is 5.15 Å². The van der Waals surface area contributed by atoms with Crippen LogP contribution in [0.15, 0.2) is 18.6 Å². The molecule has 0 saturated carbocycles. The van der Waals surface area contributed by atoms with Crippen LogP contribution in [0.4, 0.5) is 14.9 Å². The molecule has 2 fully saturated rings. The molecule has 2 saturated heterocycles. The van der Waals surface area contributed by atoms with Gasteiger partial charge in [0.15, 0.2) is 11.0 Å². The Kier molecular flexibility index (Phi) is 5.04. The number of ether oxygens (including phenoxy) is 1. The van der Waals surface area contributed by atoms with Crippen molar-refractivity contribution < 1.29 is 13.9 Å². The van der Waals surface area contributed by atoms with Crippen molar-refractivity contribution in [2.24, 2.45) is 0 Å². The fourth-order valence-corrected chi connectivity index (χ4v) is 4.24. The summed E-state index contributed by atoms with van der Waals surface area (Å²) in [5.41, 5.74) is 0.825. The zero-order chi connectivity index (χ0) is 19.0. The summed E-state index contributed by atoms with van der Waals surface area (Å²) in [7, 11) is 0. The van der Waals surface area contributed by atoms with Gasteiger partial charge in [0.1, 0.15) is 0 Å². The fraction of sp³-hybridized carbons (Fsp3) is 0.526. The van der Waals surface area contributed by atoms with Gasteiger partial charge >= 0.3 is 6.09 Å². The molecule has 2 aliphatic heterocycles. The number of amides is 1. The van der Waals surface area contributed by atoms with Crippen molar-refractivity contribution in [1.82, 2.24) is 14.9 Å². The Balaban J connectivity index is 1.56. The molecule has 2 unspecified atom stereocenters. The Hall–Kier alpha value is -2.15. The SMILES string of the molecule is CCCCOC(=O)N1C2CCC1CN(c1cncc3c(F)c(Cl)ncc13)C2. The minimum Gasteiger partial charge on any atom is -0.449 e. The lowest BCUT2D eigenvalue weighted by molar-refractivity contribution is 0.0778. The Bertz CT molecular complexity index is 851. The third-order valence-electron chi connectivity index (χ3n) is 5.45. The van der Waals surface area contributed by atoms with Gasteiger partial charge in [0, 0.05) is 36.3 Å². The quantitative estimate of drug-likeness (QED) is 0.581. The van der Waals surface area contributed by atoms with E-state index in [2.05, 4.69) is 21.8 Å². The molecule has 8 heteroatoms. The van der Waals surface area contributed by atoms with Crippen LogP contribution >= 0.6 is 11.6 Å². The lowest BCUT2D eigenvalue weighted by Crippen LogP contribution is -2.56. The minimum absolute atomic E-state index is 0.0956. The molecule has 0 aromatic carbocycles. The largest absolute Gasteiger partial charge is 0.449 e. The molecule has 2 bridgehead atoms. The number of unbranched alkanes of at least 4 members (excludes halogenated alkanes) is 1. The monoisotopic (exact) mass is 392 g/mol. The van der Waals surface area contributed by atoms with Crippen molar-refractivity contribution >= 4 is 34.2 Å². The average Bonchev–Trinajstić information content (AvgIpc) is 2.94. The first-order valence-corrected chi connectivity index (χ1v) is 9.75. The summed E-state index contributed by atoms with van der Waals surface area (Å²) in [4.78, 5) is 24.7. The summed E-state index contributed by atoms with van der Waals surface area (Å²) >= 11 is 5.80. The number of piperazine rings is 1. The van der Waals surface area contributed by atoms with Crippen LogP contribution in [0.5, 0.6) is 0 Å². The molecule has 27 heavy (non-hydrogen) atoms. The number of anilines is 1. The summed E-state index contributed by atoms with van der Waals surface area (Å²) in [5, 5.41) is 0.896. The van der Waals surface area contributed by atoms with Gasteiger partial charge in [0.25, 0.3) is 0 Å². The Morgan fingerprint density at radius 2 is 2.00 bits per heavy atom. The van der Waals surface area contributed by atoms with E-state index in [1.165, 1.54) is 6.20 Å². The zero-order valence-electron chi connectivity index (χ0n) is 15.2. The molecule has 6 nitrogen and oxygen atoms in total. The van der Waals surface area contributed by atoms with Gasteiger partial charge in [-0.1, -0.05) is 24.9 Å². The Labute approximate surface area is 162 Å². The highest BCUT2D eigenvalue weighted by Gasteiger charge is 2.43. The molecule has 0 aliphatic carbocycles. The molecule has 2 atom stereocenters. The van der Waals surface area contributed by atoms with Crippen molar-refractivity contribution in [3.8, 4) is 0 Å². The van der Waals surface area contributed by atoms with Crippen molar-refractivity contribution in [1.29, 1.82) is 0 Å². The van der Waals surface area contributed by atoms with Crippen LogP contribution in [0.25, 0.3) is 10.8 Å². The second-order valence-corrected chi connectivity index (χ2v) is 7.51. The molecule has 4 heterocycles. The number of fused-ring (bicyclic) bond motifs is 3. The first-order valence-electron chi connectivity index (χ1n) is 9.38. The first-order chi connectivity index (χ1) is 13.1. The third kappa shape index (κ3) is 3.29. The van der Waals surface area contributed by atoms with Gasteiger partial charge in [0.05, 0.1) is 30.6 Å². The molecule has 0 spiro atoms. The van der Waals surface area contributed by atoms with Crippen molar-refractivity contribution in [3.63, 3.8) is 0 Å². The number of carbonyl (C=O) groups is 1. The predicted molar refractivity (Wildman–Crippen MR) is 102 cm³/mol. The number of aromatic nitrogens is 2. The number of hydrogen-bond acceptors (Lipinski definition) is 5. The van der Waals surface area contributed by atoms with E-state index in [0.29, 0.717) is 30.5 Å². The summed E-state index contributed by atoms with van der Waals surface area (Å²) < 4.78 is 19.7. The van der Waals surface area contributed by atoms with Gasteiger partial charge in [-0.25, -0.2) is 14.2 Å². The highest BCUT2D eigenvalue weighted by molar-refractivity contribution is 6.30. The molecule has 1 amide bonds. The van der Waals surface area contributed by atoms with Crippen LogP contribution in [0, 0.1) is 5.82 Å². The van der Waals surface area contributed by atoms with E-state index in [0.717, 1.165) is 31.4 Å². The maximum absolute atomic E-state index is 14.3. The van der Waals surface area contributed by atoms with E-state index >= 15 is 0 Å². The maximum Gasteiger partial charge on any atom is 0.410 e. The fourth-order valence-electron chi connectivity index (χ4n) is 4.09. The second-order valence-electron chi connectivity index (χ2n) is 7.15. The molecule has 0 N–H and O–H groups in total. The van der Waals surface area contributed by atoms with Crippen LogP contribution in [0.3, 0.4) is 0 Å². The van der Waals surface area contributed by atoms with Crippen molar-refractivity contribution in [2.75, 3.05) is 24.6 Å². The highest BCUT2D eigenvalue weighted by Crippen LogP contribution is 2.36. The van der Waals surface area contributed by atoms with Gasteiger partial charge < -0.3 is 9.64 Å². The van der Waals surface area contributed by atoms with E-state index in [4.69, 9.17) is 16.3 Å². The number of rotatable bonds is 4. The summed E-state index contributed by atoms with van der Waals surface area (Å²) in [5.74, 6) is -0.551. The van der Waals surface area contributed by atoms with E-state index in [9.17, 15) is 9.18 Å². The highest BCUT2D eigenvalue weighted by atomic mass is 35.5. The minimum atomic E-state index is -0.551. The molecule has 4 rings (SSSR count). The number of carbonyl (C=O) groups excluding carboxylic acids is 1. The van der Waals surface area contributed by atoms with Gasteiger partial charge in [-0.05, 0) is 19.3 Å². The summed E-state index contributed by atoms with van der Waals surface area (Å²) in [6.07, 6.45) is 8.34. The van der Waals surface area contributed by atoms with Crippen LogP contribution < -0.4 is 4.90 Å². The van der Waals surface area contributed by atoms with Crippen LogP contribution in [-0.4, -0.2) is 52.7 Å². The van der Waals surface area contributed by atoms with E-state index in [1.807, 2.05) is 4.90 Å². The Morgan fingerprint density at radius 1 is 1.26 bits per heavy atom. The second kappa shape index (κ2) is 7.46. The lowest BCUT2D eigenvalue weighted by Gasteiger charge is -2.41. The molecular weight excluding hydrogens is 371 g/mol. The Morgan fingerprint density at radius 3 is 2.70 bits per heavy atom. The molecular formula is C19H22ClFN4O2. The molecule has 144 valence electrons. The molecule has 2 aromatic heterocycles. The number of nitrogens with zero attached hydrogens (tertiary/aromatic N) is 4. The van der Waals surface area contributed by atoms with Crippen LogP contribution in [-0.2, 0) is 4.74 Å². The van der Waals surface area contributed by atoms with Crippen molar-refractivity contribution in [3.05, 3.63) is 29.6 Å². The van der Waals surface area contributed by atoms with Gasteiger partial charge in [-0.2, -0.15) is 0 Å². The predicted octanol–water partition coefficient (Wildman–Crippen LogP) is 4.01. The number of halogens is 2. The average molecular weight is 393 g/mol. The third-order valence-corrected chi connectivity index (χ3v) is 5.71. The van der Waals surface area contributed by atoms with Gasteiger partial charge in [0.2, 0.25) is 0 Å². The summed E-state index contributed by atoms with van der Waals surface area (Å²) in [6, 6.07) is 0.191. The van der Waals surface area contributed by atoms with Crippen molar-refractivity contribution in [2.45, 2.75) is 44.7 Å². The molecule has 2 aromatic rings. The summed E-state index contributed by atoms with van der Waals surface area (Å²) in [6.45, 7) is 3.88. The standard InChI is InChI=1S/C19H22ClFN4O2/c1-2-3-6-27-19(26)25-12-4-5-13(25)11-24(10-12)16-9-22-7-15-14(16)8-23-18(20)17(15)21/h7-9,12-13H,2-6,10-11H2,1H3. The molecule has 2 aliphatic rings. The van der Waals surface area contributed by atoms with E-state index in [1.54, 1.807) is 12.4 Å². The molecule has 0 radical (unpaired) electrons. The zero-order valence-corrected chi connectivity index (χ0v) is 16.0. The van der Waals surface area contributed by atoms with Crippen LogP contribution in [0.1, 0.15) is 32.6 Å². The van der Waals surface area contributed by atoms with E-state index < -0.39 is 5.82 Å². The smallest absolute Gasteiger partial charge is 0.410 e. The van der Waals surface area contributed by atoms with E-state index in [-0.39, 0.29) is 23.3 Å². The topological polar surface area (TPSA) is 58.6 Å². The van der Waals surface area contributed by atoms with Gasteiger partial charge in [-0.15, -0.1) is 0 Å². The maximum atomic E-state index is 14.3. The van der Waals surface area contributed by atoms with Gasteiger partial charge in [-0.3, -0.25) is 9.88 Å². The number of hydrogen-bond donors (Lipinski definition) is 0. The normalized spacial score (nSPS) is 21.7. The first kappa shape index (κ1) is 18.2. The lowest BCUT2D eigenvalue weighted by atomic mass is 10.1.